The van der Waals surface area contributed by atoms with E-state index < -0.39 is 11.4 Å². The number of carbonyl (C=O) groups is 1. The van der Waals surface area contributed by atoms with Crippen molar-refractivity contribution in [1.82, 2.24) is 24.2 Å². The number of hydrogen-bond acceptors (Lipinski definition) is 8. The standard InChI is InChI=1S/C29H33FN8O2S/c1-18-15-36(28(39)40-29(2,3)4)8-9-37(18)22-10-19-11-23(6-7-25(19)33-14-22)41-27(32)38-17-20(12-24(30)26(38)31)21-13-34-35(5)16-21/h6-7,10-14,16-18,31-32H,8-9,15H2,1-5H3/t18-/m0/s1. The van der Waals surface area contributed by atoms with Crippen molar-refractivity contribution in [3.05, 3.63) is 66.4 Å². The van der Waals surface area contributed by atoms with E-state index in [0.717, 1.165) is 33.2 Å². The number of rotatable bonds is 3. The SMILES string of the molecule is C[C@H]1CN(C(=O)OC(C)(C)C)CCN1c1cnc2ccc(SC(=N)n3cc(-c4cnn(C)c4)cc(F)c3=N)cc2c1. The Hall–Kier alpha value is -4.19. The van der Waals surface area contributed by atoms with Crippen LogP contribution in [0.15, 0.2) is 60.0 Å². The number of halogens is 1. The fourth-order valence-electron chi connectivity index (χ4n) is 4.76. The van der Waals surface area contributed by atoms with Gasteiger partial charge in [-0.05, 0) is 58.0 Å². The van der Waals surface area contributed by atoms with Crippen molar-refractivity contribution in [1.29, 1.82) is 10.8 Å². The maximum absolute atomic E-state index is 14.7. The number of thioether (sulfide) groups is 1. The lowest BCUT2D eigenvalue weighted by Crippen LogP contribution is -2.54. The van der Waals surface area contributed by atoms with Gasteiger partial charge >= 0.3 is 6.09 Å². The highest BCUT2D eigenvalue weighted by Crippen LogP contribution is 2.29. The van der Waals surface area contributed by atoms with Gasteiger partial charge in [-0.1, -0.05) is 11.8 Å². The molecule has 1 saturated heterocycles. The highest BCUT2D eigenvalue weighted by atomic mass is 32.2. The molecule has 0 aliphatic carbocycles. The van der Waals surface area contributed by atoms with Crippen molar-refractivity contribution in [3.63, 3.8) is 0 Å². The average molecular weight is 577 g/mol. The van der Waals surface area contributed by atoms with Gasteiger partial charge in [-0.25, -0.2) is 9.18 Å². The second-order valence-corrected chi connectivity index (χ2v) is 12.2. The zero-order valence-electron chi connectivity index (χ0n) is 23.7. The molecular weight excluding hydrogens is 543 g/mol. The summed E-state index contributed by atoms with van der Waals surface area (Å²) in [4.78, 5) is 21.9. The third-order valence-electron chi connectivity index (χ3n) is 6.74. The van der Waals surface area contributed by atoms with E-state index in [0.29, 0.717) is 30.8 Å². The molecule has 41 heavy (non-hydrogen) atoms. The van der Waals surface area contributed by atoms with E-state index in [1.54, 1.807) is 35.2 Å². The van der Waals surface area contributed by atoms with Crippen LogP contribution in [0.25, 0.3) is 22.0 Å². The molecule has 4 heterocycles. The van der Waals surface area contributed by atoms with Gasteiger partial charge in [0.25, 0.3) is 0 Å². The molecule has 1 fully saturated rings. The average Bonchev–Trinajstić information content (AvgIpc) is 3.35. The molecule has 12 heteroatoms. The quantitative estimate of drug-likeness (QED) is 0.200. The number of pyridine rings is 2. The molecular formula is C29H33FN8O2S. The van der Waals surface area contributed by atoms with Crippen LogP contribution >= 0.6 is 11.8 Å². The van der Waals surface area contributed by atoms with E-state index in [-0.39, 0.29) is 22.8 Å². The first-order valence-corrected chi connectivity index (χ1v) is 14.1. The zero-order valence-corrected chi connectivity index (χ0v) is 24.5. The van der Waals surface area contributed by atoms with Gasteiger partial charge in [-0.3, -0.25) is 25.1 Å². The van der Waals surface area contributed by atoms with Crippen LogP contribution in [-0.4, -0.2) is 66.8 Å². The lowest BCUT2D eigenvalue weighted by Gasteiger charge is -2.41. The second kappa shape index (κ2) is 11.0. The van der Waals surface area contributed by atoms with Crippen LogP contribution < -0.4 is 10.4 Å². The van der Waals surface area contributed by atoms with E-state index in [4.69, 9.17) is 15.6 Å². The fraction of sp³-hybridized carbons (Fsp3) is 0.345. The first-order valence-electron chi connectivity index (χ1n) is 13.2. The molecule has 0 saturated carbocycles. The van der Waals surface area contributed by atoms with Crippen molar-refractivity contribution < 1.29 is 13.9 Å². The number of anilines is 1. The Bertz CT molecular complexity index is 1690. The van der Waals surface area contributed by atoms with Crippen LogP contribution in [0.5, 0.6) is 0 Å². The number of ether oxygens (including phenoxy) is 1. The van der Waals surface area contributed by atoms with Crippen LogP contribution in [0.3, 0.4) is 0 Å². The van der Waals surface area contributed by atoms with Crippen molar-refractivity contribution >= 4 is 39.6 Å². The van der Waals surface area contributed by atoms with Gasteiger partial charge in [0.05, 0.1) is 23.6 Å². The van der Waals surface area contributed by atoms with Crippen LogP contribution in [0, 0.1) is 16.6 Å². The Kier molecular flexibility index (Phi) is 7.60. The number of aromatic nitrogens is 4. The monoisotopic (exact) mass is 576 g/mol. The summed E-state index contributed by atoms with van der Waals surface area (Å²) in [6.07, 6.45) is 6.49. The molecule has 4 aromatic rings. The highest BCUT2D eigenvalue weighted by molar-refractivity contribution is 8.13. The molecule has 0 bridgehead atoms. The Labute approximate surface area is 241 Å². The van der Waals surface area contributed by atoms with E-state index in [1.807, 2.05) is 45.2 Å². The van der Waals surface area contributed by atoms with E-state index in [2.05, 4.69) is 28.0 Å². The minimum absolute atomic E-state index is 0.00464. The second-order valence-electron chi connectivity index (χ2n) is 11.1. The minimum atomic E-state index is -0.718. The van der Waals surface area contributed by atoms with Crippen LogP contribution in [0.2, 0.25) is 0 Å². The maximum atomic E-state index is 14.7. The Morgan fingerprint density at radius 1 is 1.12 bits per heavy atom. The molecule has 2 N–H and O–H groups in total. The van der Waals surface area contributed by atoms with Crippen molar-refractivity contribution in [2.75, 3.05) is 24.5 Å². The number of aryl methyl sites for hydroxylation is 1. The molecule has 1 aromatic carbocycles. The number of nitrogens with zero attached hydrogens (tertiary/aromatic N) is 6. The molecule has 10 nitrogen and oxygen atoms in total. The van der Waals surface area contributed by atoms with Crippen molar-refractivity contribution in [3.8, 4) is 11.1 Å². The summed E-state index contributed by atoms with van der Waals surface area (Å²) in [5.41, 5.74) is 2.05. The summed E-state index contributed by atoms with van der Waals surface area (Å²) >= 11 is 1.13. The molecule has 1 atom stereocenters. The fourth-order valence-corrected chi connectivity index (χ4v) is 5.55. The summed E-state index contributed by atoms with van der Waals surface area (Å²) in [7, 11) is 1.77. The van der Waals surface area contributed by atoms with Crippen LogP contribution in [0.1, 0.15) is 27.7 Å². The van der Waals surface area contributed by atoms with Gasteiger partial charge in [0, 0.05) is 66.5 Å². The van der Waals surface area contributed by atoms with E-state index >= 15 is 0 Å². The van der Waals surface area contributed by atoms with Crippen molar-refractivity contribution in [2.45, 2.75) is 44.2 Å². The molecule has 5 rings (SSSR count). The molecule has 0 spiro atoms. The number of amides is 1. The number of fused-ring (bicyclic) bond motifs is 1. The number of carbonyl (C=O) groups excluding carboxylic acids is 1. The highest BCUT2D eigenvalue weighted by Gasteiger charge is 2.30. The van der Waals surface area contributed by atoms with Crippen molar-refractivity contribution in [2.24, 2.45) is 7.05 Å². The van der Waals surface area contributed by atoms with Gasteiger partial charge in [-0.2, -0.15) is 5.10 Å². The number of piperazine rings is 1. The minimum Gasteiger partial charge on any atom is -0.444 e. The summed E-state index contributed by atoms with van der Waals surface area (Å²) in [6.45, 7) is 9.40. The lowest BCUT2D eigenvalue weighted by atomic mass is 10.1. The molecule has 0 radical (unpaired) electrons. The van der Waals surface area contributed by atoms with Crippen LogP contribution in [-0.2, 0) is 11.8 Å². The molecule has 1 amide bonds. The lowest BCUT2D eigenvalue weighted by molar-refractivity contribution is 0.0219. The summed E-state index contributed by atoms with van der Waals surface area (Å²) in [6, 6.07) is 9.10. The summed E-state index contributed by atoms with van der Waals surface area (Å²) in [5, 5.41) is 21.9. The third kappa shape index (κ3) is 6.27. The third-order valence-corrected chi connectivity index (χ3v) is 7.62. The number of hydrogen-bond donors (Lipinski definition) is 2. The predicted molar refractivity (Wildman–Crippen MR) is 158 cm³/mol. The summed E-state index contributed by atoms with van der Waals surface area (Å²) in [5.74, 6) is -0.718. The van der Waals surface area contributed by atoms with Gasteiger partial charge in [-0.15, -0.1) is 0 Å². The maximum Gasteiger partial charge on any atom is 0.410 e. The van der Waals surface area contributed by atoms with Gasteiger partial charge < -0.3 is 14.5 Å². The predicted octanol–water partition coefficient (Wildman–Crippen LogP) is 5.08. The Morgan fingerprint density at radius 2 is 1.90 bits per heavy atom. The normalized spacial score (nSPS) is 15.8. The molecule has 0 unspecified atom stereocenters. The molecule has 1 aliphatic heterocycles. The largest absolute Gasteiger partial charge is 0.444 e. The zero-order chi connectivity index (χ0) is 29.5. The molecule has 1 aliphatic rings. The molecule has 3 aromatic heterocycles. The molecule has 214 valence electrons. The number of nitrogens with one attached hydrogen (secondary N) is 2. The summed E-state index contributed by atoms with van der Waals surface area (Å²) < 4.78 is 23.0. The van der Waals surface area contributed by atoms with Gasteiger partial charge in [0.2, 0.25) is 0 Å². The van der Waals surface area contributed by atoms with E-state index in [9.17, 15) is 9.18 Å². The van der Waals surface area contributed by atoms with Gasteiger partial charge in [0.1, 0.15) is 5.60 Å². The van der Waals surface area contributed by atoms with Gasteiger partial charge in [0.15, 0.2) is 16.5 Å². The smallest absolute Gasteiger partial charge is 0.410 e. The van der Waals surface area contributed by atoms with E-state index in [1.165, 1.54) is 10.6 Å². The first kappa shape index (κ1) is 28.3. The first-order chi connectivity index (χ1) is 19.4. The Morgan fingerprint density at radius 3 is 2.59 bits per heavy atom. The number of benzene rings is 1. The Balaban J connectivity index is 1.34. The van der Waals surface area contributed by atoms with Crippen LogP contribution in [0.4, 0.5) is 14.9 Å². The topological polar surface area (TPSA) is 116 Å².